The Bertz CT molecular complexity index is 504. The molecule has 0 spiro atoms. The van der Waals surface area contributed by atoms with E-state index in [0.717, 1.165) is 30.7 Å². The predicted octanol–water partition coefficient (Wildman–Crippen LogP) is 3.78. The van der Waals surface area contributed by atoms with E-state index in [1.165, 1.54) is 0 Å². The Kier molecular flexibility index (Phi) is 5.49. The summed E-state index contributed by atoms with van der Waals surface area (Å²) in [7, 11) is 0. The Morgan fingerprint density at radius 2 is 1.95 bits per heavy atom. The lowest BCUT2D eigenvalue weighted by atomic mass is 10.1. The molecule has 3 nitrogen and oxygen atoms in total. The fraction of sp³-hybridized carbons (Fsp3) is 0.286. The van der Waals surface area contributed by atoms with Crippen LogP contribution in [0, 0.1) is 0 Å². The summed E-state index contributed by atoms with van der Waals surface area (Å²) in [6.45, 7) is 5.32. The summed E-state index contributed by atoms with van der Waals surface area (Å²) < 4.78 is 37.1. The van der Waals surface area contributed by atoms with Crippen LogP contribution >= 0.6 is 0 Å². The molecule has 6 heteroatoms. The smallest absolute Gasteiger partial charge is 0.267 e. The van der Waals surface area contributed by atoms with Crippen molar-refractivity contribution in [3.8, 4) is 0 Å². The Morgan fingerprint density at radius 1 is 1.35 bits per heavy atom. The second-order valence-electron chi connectivity index (χ2n) is 4.19. The van der Waals surface area contributed by atoms with Gasteiger partial charge in [0.15, 0.2) is 0 Å². The average molecular weight is 284 g/mol. The first-order chi connectivity index (χ1) is 9.34. The molecule has 1 N–H and O–H groups in total. The Balaban J connectivity index is 2.67. The number of hydrogen-bond donors (Lipinski definition) is 1. The van der Waals surface area contributed by atoms with Crippen molar-refractivity contribution in [2.45, 2.75) is 25.9 Å². The Morgan fingerprint density at radius 3 is 2.45 bits per heavy atom. The van der Waals surface area contributed by atoms with Crippen LogP contribution in [0.15, 0.2) is 42.0 Å². The molecule has 0 aromatic heterocycles. The molecule has 0 aliphatic rings. The molecule has 1 rings (SSSR count). The molecule has 20 heavy (non-hydrogen) atoms. The van der Waals surface area contributed by atoms with Gasteiger partial charge in [-0.15, -0.1) is 6.58 Å². The monoisotopic (exact) mass is 284 g/mol. The molecule has 108 valence electrons. The number of carbonyl (C=O) groups is 1. The van der Waals surface area contributed by atoms with Gasteiger partial charge < -0.3 is 0 Å². The van der Waals surface area contributed by atoms with Gasteiger partial charge in [-0.05, 0) is 44.0 Å². The van der Waals surface area contributed by atoms with E-state index in [-0.39, 0.29) is 5.56 Å². The van der Waals surface area contributed by atoms with Gasteiger partial charge in [-0.25, -0.2) is 5.43 Å². The zero-order valence-electron chi connectivity index (χ0n) is 11.0. The molecule has 0 atom stereocenters. The topological polar surface area (TPSA) is 41.5 Å². The number of alkyl halides is 3. The van der Waals surface area contributed by atoms with E-state index >= 15 is 0 Å². The fourth-order valence-electron chi connectivity index (χ4n) is 1.39. The second kappa shape index (κ2) is 6.88. The summed E-state index contributed by atoms with van der Waals surface area (Å²) in [4.78, 5) is 11.7. The summed E-state index contributed by atoms with van der Waals surface area (Å²) in [6, 6.07) is 3.96. The first kappa shape index (κ1) is 15.9. The molecule has 0 saturated carbocycles. The van der Waals surface area contributed by atoms with Crippen LogP contribution in [0.25, 0.3) is 0 Å². The van der Waals surface area contributed by atoms with Crippen molar-refractivity contribution in [3.63, 3.8) is 0 Å². The van der Waals surface area contributed by atoms with Gasteiger partial charge in [-0.1, -0.05) is 6.08 Å². The molecule has 0 unspecified atom stereocenters. The van der Waals surface area contributed by atoms with Gasteiger partial charge in [0.1, 0.15) is 0 Å². The number of benzene rings is 1. The second-order valence-corrected chi connectivity index (χ2v) is 4.19. The Labute approximate surface area is 115 Å². The number of carbonyl (C=O) groups excluding carboxylic acids is 1. The number of nitrogens with zero attached hydrogens (tertiary/aromatic N) is 1. The first-order valence-corrected chi connectivity index (χ1v) is 5.96. The number of hydrogen-bond acceptors (Lipinski definition) is 2. The van der Waals surface area contributed by atoms with E-state index in [1.54, 1.807) is 13.0 Å². The minimum Gasteiger partial charge on any atom is -0.267 e. The highest BCUT2D eigenvalue weighted by atomic mass is 19.4. The van der Waals surface area contributed by atoms with E-state index in [4.69, 9.17) is 0 Å². The number of nitrogens with one attached hydrogen (secondary N) is 1. The van der Waals surface area contributed by atoms with Gasteiger partial charge in [0.05, 0.1) is 5.56 Å². The molecule has 0 fully saturated rings. The van der Waals surface area contributed by atoms with Gasteiger partial charge in [0, 0.05) is 11.3 Å². The Hall–Kier alpha value is -2.11. The van der Waals surface area contributed by atoms with E-state index in [2.05, 4.69) is 17.1 Å². The summed E-state index contributed by atoms with van der Waals surface area (Å²) in [5.41, 5.74) is 2.34. The number of allylic oxidation sites excluding steroid dienone is 1. The van der Waals surface area contributed by atoms with E-state index in [0.29, 0.717) is 12.1 Å². The van der Waals surface area contributed by atoms with Gasteiger partial charge in [-0.2, -0.15) is 18.3 Å². The lowest BCUT2D eigenvalue weighted by Gasteiger charge is -2.07. The van der Waals surface area contributed by atoms with Crippen LogP contribution in [-0.2, 0) is 6.18 Å². The molecule has 0 aliphatic carbocycles. The van der Waals surface area contributed by atoms with Crippen molar-refractivity contribution in [2.24, 2.45) is 5.10 Å². The maximum Gasteiger partial charge on any atom is 0.416 e. The quantitative estimate of drug-likeness (QED) is 0.499. The largest absolute Gasteiger partial charge is 0.416 e. The molecule has 0 heterocycles. The van der Waals surface area contributed by atoms with Crippen molar-refractivity contribution < 1.29 is 18.0 Å². The van der Waals surface area contributed by atoms with Gasteiger partial charge >= 0.3 is 6.18 Å². The molecule has 1 aromatic rings. The molecular formula is C14H15F3N2O. The van der Waals surface area contributed by atoms with Crippen LogP contribution in [0.2, 0.25) is 0 Å². The maximum absolute atomic E-state index is 12.4. The zero-order chi connectivity index (χ0) is 15.2. The highest BCUT2D eigenvalue weighted by molar-refractivity contribution is 5.95. The van der Waals surface area contributed by atoms with Gasteiger partial charge in [0.25, 0.3) is 5.91 Å². The highest BCUT2D eigenvalue weighted by Crippen LogP contribution is 2.28. The molecule has 0 saturated heterocycles. The van der Waals surface area contributed by atoms with Crippen molar-refractivity contribution in [2.75, 3.05) is 0 Å². The number of rotatable bonds is 5. The van der Waals surface area contributed by atoms with Crippen molar-refractivity contribution >= 4 is 11.6 Å². The SMILES string of the molecule is C=CCC/C(C)=N/NC(=O)c1ccc(C(F)(F)F)cc1. The third-order valence-electron chi connectivity index (χ3n) is 2.53. The zero-order valence-corrected chi connectivity index (χ0v) is 11.0. The lowest BCUT2D eigenvalue weighted by molar-refractivity contribution is -0.137. The third kappa shape index (κ3) is 4.87. The summed E-state index contributed by atoms with van der Waals surface area (Å²) in [5.74, 6) is -0.545. The van der Waals surface area contributed by atoms with Crippen LogP contribution < -0.4 is 5.43 Å². The van der Waals surface area contributed by atoms with Crippen LogP contribution in [-0.4, -0.2) is 11.6 Å². The minimum atomic E-state index is -4.41. The predicted molar refractivity (Wildman–Crippen MR) is 71.5 cm³/mol. The van der Waals surface area contributed by atoms with Crippen molar-refractivity contribution in [1.82, 2.24) is 5.43 Å². The highest BCUT2D eigenvalue weighted by Gasteiger charge is 2.30. The maximum atomic E-state index is 12.4. The van der Waals surface area contributed by atoms with Gasteiger partial charge in [-0.3, -0.25) is 4.79 Å². The van der Waals surface area contributed by atoms with Crippen LogP contribution in [0.3, 0.4) is 0 Å². The standard InChI is InChI=1S/C14H15F3N2O/c1-3-4-5-10(2)18-19-13(20)11-6-8-12(9-7-11)14(15,16)17/h3,6-9H,1,4-5H2,2H3,(H,19,20)/b18-10+. The molecular weight excluding hydrogens is 269 g/mol. The van der Waals surface area contributed by atoms with Crippen molar-refractivity contribution in [1.29, 1.82) is 0 Å². The number of amides is 1. The minimum absolute atomic E-state index is 0.123. The number of halogens is 3. The molecule has 1 amide bonds. The molecule has 0 aliphatic heterocycles. The van der Waals surface area contributed by atoms with E-state index in [1.807, 2.05) is 0 Å². The number of hydrazone groups is 1. The van der Waals surface area contributed by atoms with Crippen LogP contribution in [0.5, 0.6) is 0 Å². The summed E-state index contributed by atoms with van der Waals surface area (Å²) in [6.07, 6.45) is -1.27. The van der Waals surface area contributed by atoms with E-state index < -0.39 is 17.6 Å². The average Bonchev–Trinajstić information content (AvgIpc) is 2.41. The van der Waals surface area contributed by atoms with Crippen LogP contribution in [0.1, 0.15) is 35.7 Å². The molecule has 0 bridgehead atoms. The van der Waals surface area contributed by atoms with E-state index in [9.17, 15) is 18.0 Å². The van der Waals surface area contributed by atoms with Gasteiger partial charge in [0.2, 0.25) is 0 Å². The lowest BCUT2D eigenvalue weighted by Crippen LogP contribution is -2.19. The molecule has 0 radical (unpaired) electrons. The fourth-order valence-corrected chi connectivity index (χ4v) is 1.39. The third-order valence-corrected chi connectivity index (χ3v) is 2.53. The normalized spacial score (nSPS) is 12.1. The summed E-state index contributed by atoms with van der Waals surface area (Å²) >= 11 is 0. The van der Waals surface area contributed by atoms with Crippen LogP contribution in [0.4, 0.5) is 13.2 Å². The first-order valence-electron chi connectivity index (χ1n) is 5.96. The van der Waals surface area contributed by atoms with Crippen molar-refractivity contribution in [3.05, 3.63) is 48.0 Å². The molecule has 1 aromatic carbocycles. The summed E-state index contributed by atoms with van der Waals surface area (Å²) in [5, 5.41) is 3.86.